The summed E-state index contributed by atoms with van der Waals surface area (Å²) in [5.41, 5.74) is 0. The lowest BCUT2D eigenvalue weighted by atomic mass is 10.2. The van der Waals surface area contributed by atoms with E-state index >= 15 is 0 Å². The maximum absolute atomic E-state index is 7.40. The Kier molecular flexibility index (Phi) is 1.47. The number of nitrogens with one attached hydrogen (secondary N) is 1. The van der Waals surface area contributed by atoms with Crippen LogP contribution in [0.25, 0.3) is 10.1 Å². The highest BCUT2D eigenvalue weighted by atomic mass is 32.1. The standard InChI is InChI=1S/C9H7NS/c10-9-6-5-7-3-1-2-4-8(7)11-9/h1-6,10H. The molecule has 2 aromatic rings. The Morgan fingerprint density at radius 2 is 1.82 bits per heavy atom. The maximum atomic E-state index is 7.40. The molecule has 1 aromatic heterocycles. The predicted molar refractivity (Wildman–Crippen MR) is 47.7 cm³/mol. The third-order valence-corrected chi connectivity index (χ3v) is 2.50. The van der Waals surface area contributed by atoms with Crippen molar-refractivity contribution in [1.29, 1.82) is 5.41 Å². The summed E-state index contributed by atoms with van der Waals surface area (Å²) in [7, 11) is 0. The van der Waals surface area contributed by atoms with Gasteiger partial charge in [-0.05, 0) is 17.5 Å². The van der Waals surface area contributed by atoms with E-state index < -0.39 is 0 Å². The van der Waals surface area contributed by atoms with Gasteiger partial charge in [-0.25, -0.2) is 0 Å². The SMILES string of the molecule is N=c1ccc2ccccc2s1. The summed E-state index contributed by atoms with van der Waals surface area (Å²) in [6, 6.07) is 11.9. The van der Waals surface area contributed by atoms with E-state index in [-0.39, 0.29) is 0 Å². The van der Waals surface area contributed by atoms with Crippen LogP contribution in [-0.4, -0.2) is 0 Å². The molecule has 1 N–H and O–H groups in total. The molecule has 0 unspecified atom stereocenters. The molecule has 1 aromatic carbocycles. The zero-order valence-corrected chi connectivity index (χ0v) is 6.69. The Balaban J connectivity index is 2.94. The second-order valence-electron chi connectivity index (χ2n) is 2.34. The number of hydrogen-bond acceptors (Lipinski definition) is 2. The highest BCUT2D eigenvalue weighted by molar-refractivity contribution is 7.16. The second kappa shape index (κ2) is 2.47. The Bertz CT molecular complexity index is 431. The molecular weight excluding hydrogens is 154 g/mol. The fraction of sp³-hybridized carbons (Fsp3) is 0. The molecule has 11 heavy (non-hydrogen) atoms. The van der Waals surface area contributed by atoms with Gasteiger partial charge < -0.3 is 0 Å². The number of benzene rings is 1. The lowest BCUT2D eigenvalue weighted by molar-refractivity contribution is 1.35. The fourth-order valence-corrected chi connectivity index (χ4v) is 1.80. The summed E-state index contributed by atoms with van der Waals surface area (Å²) in [6.07, 6.45) is 0. The minimum absolute atomic E-state index is 0.615. The summed E-state index contributed by atoms with van der Waals surface area (Å²) in [5, 5.41) is 8.61. The van der Waals surface area contributed by atoms with E-state index in [0.717, 1.165) is 0 Å². The Morgan fingerprint density at radius 3 is 2.73 bits per heavy atom. The molecule has 0 aliphatic carbocycles. The van der Waals surface area contributed by atoms with Crippen molar-refractivity contribution in [2.75, 3.05) is 0 Å². The minimum Gasteiger partial charge on any atom is -0.290 e. The average molecular weight is 161 g/mol. The van der Waals surface area contributed by atoms with Crippen LogP contribution < -0.4 is 4.67 Å². The first-order valence-electron chi connectivity index (χ1n) is 3.40. The lowest BCUT2D eigenvalue weighted by Gasteiger charge is -1.92. The Morgan fingerprint density at radius 1 is 1.00 bits per heavy atom. The van der Waals surface area contributed by atoms with Gasteiger partial charge in [-0.1, -0.05) is 24.3 Å². The van der Waals surface area contributed by atoms with Crippen molar-refractivity contribution >= 4 is 21.4 Å². The van der Waals surface area contributed by atoms with Gasteiger partial charge in [-0.15, -0.1) is 11.3 Å². The monoisotopic (exact) mass is 161 g/mol. The van der Waals surface area contributed by atoms with Crippen LogP contribution in [0.1, 0.15) is 0 Å². The van der Waals surface area contributed by atoms with Crippen LogP contribution in [0.15, 0.2) is 36.4 Å². The fourth-order valence-electron chi connectivity index (χ4n) is 1.03. The molecule has 2 rings (SSSR count). The Hall–Kier alpha value is -1.15. The summed E-state index contributed by atoms with van der Waals surface area (Å²) < 4.78 is 1.80. The molecule has 1 heterocycles. The summed E-state index contributed by atoms with van der Waals surface area (Å²) in [6.45, 7) is 0. The molecule has 0 radical (unpaired) electrons. The summed E-state index contributed by atoms with van der Waals surface area (Å²) >= 11 is 1.51. The largest absolute Gasteiger partial charge is 0.290 e. The Labute approximate surface area is 68.4 Å². The van der Waals surface area contributed by atoms with Crippen LogP contribution >= 0.6 is 11.3 Å². The molecule has 0 aliphatic rings. The lowest BCUT2D eigenvalue weighted by Crippen LogP contribution is -1.88. The van der Waals surface area contributed by atoms with Gasteiger partial charge in [0, 0.05) is 4.70 Å². The molecular formula is C9H7NS. The van der Waals surface area contributed by atoms with Crippen molar-refractivity contribution in [2.24, 2.45) is 0 Å². The van der Waals surface area contributed by atoms with Crippen molar-refractivity contribution in [3.63, 3.8) is 0 Å². The normalized spacial score (nSPS) is 10.2. The molecule has 0 amide bonds. The number of fused-ring (bicyclic) bond motifs is 1. The highest BCUT2D eigenvalue weighted by Crippen LogP contribution is 2.13. The predicted octanol–water partition coefficient (Wildman–Crippen LogP) is 2.38. The topological polar surface area (TPSA) is 23.9 Å². The molecule has 0 saturated heterocycles. The van der Waals surface area contributed by atoms with Crippen LogP contribution in [0.2, 0.25) is 0 Å². The van der Waals surface area contributed by atoms with Gasteiger partial charge in [0.25, 0.3) is 0 Å². The van der Waals surface area contributed by atoms with E-state index in [1.165, 1.54) is 21.4 Å². The van der Waals surface area contributed by atoms with E-state index in [2.05, 4.69) is 6.07 Å². The zero-order chi connectivity index (χ0) is 7.68. The number of rotatable bonds is 0. The van der Waals surface area contributed by atoms with Crippen LogP contribution in [0.3, 0.4) is 0 Å². The van der Waals surface area contributed by atoms with E-state index in [4.69, 9.17) is 5.41 Å². The smallest absolute Gasteiger partial charge is 0.107 e. The molecule has 0 bridgehead atoms. The van der Waals surface area contributed by atoms with E-state index in [0.29, 0.717) is 4.67 Å². The van der Waals surface area contributed by atoms with Crippen molar-refractivity contribution < 1.29 is 0 Å². The zero-order valence-electron chi connectivity index (χ0n) is 5.87. The van der Waals surface area contributed by atoms with Gasteiger partial charge in [0.1, 0.15) is 4.67 Å². The van der Waals surface area contributed by atoms with Gasteiger partial charge >= 0.3 is 0 Å². The average Bonchev–Trinajstić information content (AvgIpc) is 2.04. The first kappa shape index (κ1) is 6.55. The first-order valence-corrected chi connectivity index (χ1v) is 4.21. The molecule has 0 saturated carbocycles. The van der Waals surface area contributed by atoms with Crippen LogP contribution in [-0.2, 0) is 0 Å². The van der Waals surface area contributed by atoms with Gasteiger partial charge in [-0.3, -0.25) is 5.41 Å². The summed E-state index contributed by atoms with van der Waals surface area (Å²) in [5.74, 6) is 0. The molecule has 0 spiro atoms. The molecule has 54 valence electrons. The van der Waals surface area contributed by atoms with Crippen LogP contribution in [0, 0.1) is 5.41 Å². The van der Waals surface area contributed by atoms with Crippen molar-refractivity contribution in [3.8, 4) is 0 Å². The van der Waals surface area contributed by atoms with E-state index in [9.17, 15) is 0 Å². The first-order chi connectivity index (χ1) is 5.36. The van der Waals surface area contributed by atoms with Crippen molar-refractivity contribution in [1.82, 2.24) is 0 Å². The van der Waals surface area contributed by atoms with Gasteiger partial charge in [-0.2, -0.15) is 0 Å². The molecule has 1 nitrogen and oxygen atoms in total. The van der Waals surface area contributed by atoms with Crippen molar-refractivity contribution in [3.05, 3.63) is 41.1 Å². The van der Waals surface area contributed by atoms with Gasteiger partial charge in [0.15, 0.2) is 0 Å². The van der Waals surface area contributed by atoms with Crippen LogP contribution in [0.5, 0.6) is 0 Å². The molecule has 0 fully saturated rings. The highest BCUT2D eigenvalue weighted by Gasteiger charge is 1.89. The minimum atomic E-state index is 0.615. The van der Waals surface area contributed by atoms with E-state index in [1.807, 2.05) is 30.3 Å². The third-order valence-electron chi connectivity index (χ3n) is 1.55. The van der Waals surface area contributed by atoms with Gasteiger partial charge in [0.2, 0.25) is 0 Å². The molecule has 0 aliphatic heterocycles. The third kappa shape index (κ3) is 1.17. The quantitative estimate of drug-likeness (QED) is 0.613. The molecule has 2 heteroatoms. The molecule has 0 atom stereocenters. The maximum Gasteiger partial charge on any atom is 0.107 e. The second-order valence-corrected chi connectivity index (χ2v) is 3.42. The van der Waals surface area contributed by atoms with Crippen LogP contribution in [0.4, 0.5) is 0 Å². The number of hydrogen-bond donors (Lipinski definition) is 1. The van der Waals surface area contributed by atoms with E-state index in [1.54, 1.807) is 0 Å². The van der Waals surface area contributed by atoms with Crippen molar-refractivity contribution in [2.45, 2.75) is 0 Å². The van der Waals surface area contributed by atoms with Gasteiger partial charge in [0.05, 0.1) is 0 Å². The summed E-state index contributed by atoms with van der Waals surface area (Å²) in [4.78, 5) is 0.